The predicted octanol–water partition coefficient (Wildman–Crippen LogP) is 7.03. The molecule has 1 aliphatic carbocycles. The Kier molecular flexibility index (Phi) is 10.8. The molecule has 0 radical (unpaired) electrons. The molecule has 20 heteroatoms. The molecule has 1 fully saturated rings. The third-order valence-electron chi connectivity index (χ3n) is 8.06. The third-order valence-corrected chi connectivity index (χ3v) is 8.88. The minimum atomic E-state index is -4.74. The number of alkyl halides is 8. The molecule has 50 heavy (non-hydrogen) atoms. The molecule has 0 aliphatic heterocycles. The van der Waals surface area contributed by atoms with Gasteiger partial charge in [-0.3, -0.25) is 14.3 Å². The topological polar surface area (TPSA) is 127 Å². The summed E-state index contributed by atoms with van der Waals surface area (Å²) in [7, 11) is 1.19. The minimum absolute atomic E-state index is 0.0171. The summed E-state index contributed by atoms with van der Waals surface area (Å²) in [5.41, 5.74) is -0.938. The van der Waals surface area contributed by atoms with Gasteiger partial charge in [0.15, 0.2) is 17.9 Å². The maximum absolute atomic E-state index is 13.2. The molecule has 0 spiro atoms. The molecule has 0 atom stereocenters. The van der Waals surface area contributed by atoms with Crippen molar-refractivity contribution in [2.24, 2.45) is 13.0 Å². The molecule has 270 valence electrons. The Morgan fingerprint density at radius 3 is 2.36 bits per heavy atom. The number of carbonyl (C=O) groups is 2. The summed E-state index contributed by atoms with van der Waals surface area (Å²) in [5.74, 6) is -3.33. The highest BCUT2D eigenvalue weighted by atomic mass is 35.5. The van der Waals surface area contributed by atoms with Crippen LogP contribution in [0.1, 0.15) is 69.2 Å². The van der Waals surface area contributed by atoms with Crippen LogP contribution in [0.4, 0.5) is 35.1 Å². The number of benzene rings is 1. The number of aryl methyl sites for hydroxylation is 1. The number of H-pyrrole nitrogens is 1. The van der Waals surface area contributed by atoms with Crippen molar-refractivity contribution in [1.82, 2.24) is 35.4 Å². The fourth-order valence-electron chi connectivity index (χ4n) is 5.50. The highest BCUT2D eigenvalue weighted by molar-refractivity contribution is 6.36. The molecule has 2 amide bonds. The fourth-order valence-corrected chi connectivity index (χ4v) is 6.07. The van der Waals surface area contributed by atoms with Crippen LogP contribution in [0.2, 0.25) is 10.0 Å². The Hall–Kier alpha value is -4.19. The van der Waals surface area contributed by atoms with Gasteiger partial charge in [-0.2, -0.15) is 36.4 Å². The van der Waals surface area contributed by atoms with Crippen LogP contribution in [0.3, 0.4) is 0 Å². The molecule has 1 aromatic carbocycles. The van der Waals surface area contributed by atoms with Crippen molar-refractivity contribution in [2.75, 3.05) is 6.61 Å². The SMILES string of the molecule is Cn1nc(C(F)(F)F)cc1C(=O)NCc1ccc(Cl)c(Cc2nc3nc(OCC(F)F)c(C(=O)NC4CCC(C(F)(F)F)CC4)cc3[nH]2)c1Cl. The Labute approximate surface area is 287 Å². The van der Waals surface area contributed by atoms with Crippen molar-refractivity contribution in [3.63, 3.8) is 0 Å². The Morgan fingerprint density at radius 2 is 1.74 bits per heavy atom. The molecule has 1 aliphatic rings. The predicted molar refractivity (Wildman–Crippen MR) is 163 cm³/mol. The molecule has 5 rings (SSSR count). The number of hydrogen-bond donors (Lipinski definition) is 3. The van der Waals surface area contributed by atoms with E-state index in [9.17, 15) is 44.7 Å². The number of carbonyl (C=O) groups excluding carboxylic acids is 2. The lowest BCUT2D eigenvalue weighted by atomic mass is 9.85. The number of hydrogen-bond acceptors (Lipinski definition) is 6. The van der Waals surface area contributed by atoms with Crippen LogP contribution < -0.4 is 15.4 Å². The molecular formula is C30H27Cl2F8N7O3. The summed E-state index contributed by atoms with van der Waals surface area (Å²) in [6.45, 7) is -1.29. The van der Waals surface area contributed by atoms with Crippen molar-refractivity contribution in [3.05, 3.63) is 68.2 Å². The molecule has 0 bridgehead atoms. The Balaban J connectivity index is 1.34. The highest BCUT2D eigenvalue weighted by Gasteiger charge is 2.41. The summed E-state index contributed by atoms with van der Waals surface area (Å²) in [6.07, 6.45) is -12.2. The van der Waals surface area contributed by atoms with Crippen LogP contribution in [0.5, 0.6) is 5.88 Å². The number of rotatable bonds is 10. The van der Waals surface area contributed by atoms with Gasteiger partial charge in [0.25, 0.3) is 18.2 Å². The summed E-state index contributed by atoms with van der Waals surface area (Å²) < 4.78 is 110. The lowest BCUT2D eigenvalue weighted by molar-refractivity contribution is -0.182. The van der Waals surface area contributed by atoms with Crippen LogP contribution in [0.25, 0.3) is 11.2 Å². The van der Waals surface area contributed by atoms with Gasteiger partial charge in [-0.25, -0.2) is 13.8 Å². The largest absolute Gasteiger partial charge is 0.471 e. The number of amides is 2. The average molecular weight is 756 g/mol. The number of aromatic nitrogens is 5. The van der Waals surface area contributed by atoms with E-state index in [1.54, 1.807) is 0 Å². The van der Waals surface area contributed by atoms with E-state index in [1.165, 1.54) is 25.2 Å². The number of fused-ring (bicyclic) bond motifs is 1. The van der Waals surface area contributed by atoms with Crippen molar-refractivity contribution >= 4 is 46.2 Å². The highest BCUT2D eigenvalue weighted by Crippen LogP contribution is 2.38. The van der Waals surface area contributed by atoms with Gasteiger partial charge >= 0.3 is 12.4 Å². The number of ether oxygens (including phenoxy) is 1. The first-order valence-corrected chi connectivity index (χ1v) is 15.7. The second kappa shape index (κ2) is 14.6. The molecule has 3 heterocycles. The Bertz CT molecular complexity index is 1890. The van der Waals surface area contributed by atoms with Crippen molar-refractivity contribution in [1.29, 1.82) is 0 Å². The normalized spacial score (nSPS) is 17.0. The monoisotopic (exact) mass is 755 g/mol. The molecule has 10 nitrogen and oxygen atoms in total. The number of pyridine rings is 1. The number of nitrogens with zero attached hydrogens (tertiary/aromatic N) is 4. The van der Waals surface area contributed by atoms with Gasteiger partial charge in [-0.1, -0.05) is 29.3 Å². The molecule has 4 aromatic rings. The van der Waals surface area contributed by atoms with Gasteiger partial charge in [0.2, 0.25) is 5.88 Å². The zero-order valence-corrected chi connectivity index (χ0v) is 27.3. The zero-order valence-electron chi connectivity index (χ0n) is 25.8. The number of halogens is 10. The minimum Gasteiger partial charge on any atom is -0.471 e. The maximum atomic E-state index is 13.2. The van der Waals surface area contributed by atoms with Crippen LogP contribution in [0.15, 0.2) is 24.3 Å². The van der Waals surface area contributed by atoms with E-state index in [4.69, 9.17) is 27.9 Å². The number of nitrogens with one attached hydrogen (secondary N) is 3. The van der Waals surface area contributed by atoms with Crippen molar-refractivity contribution in [3.8, 4) is 5.88 Å². The lowest BCUT2D eigenvalue weighted by Gasteiger charge is -2.30. The summed E-state index contributed by atoms with van der Waals surface area (Å²) in [5, 5.41) is 8.75. The van der Waals surface area contributed by atoms with Crippen LogP contribution in [0, 0.1) is 5.92 Å². The molecule has 0 saturated heterocycles. The Morgan fingerprint density at radius 1 is 1.04 bits per heavy atom. The van der Waals surface area contributed by atoms with E-state index in [1.807, 2.05) is 0 Å². The van der Waals surface area contributed by atoms with Gasteiger partial charge in [-0.15, -0.1) is 0 Å². The first-order chi connectivity index (χ1) is 23.4. The average Bonchev–Trinajstić information content (AvgIpc) is 3.63. The van der Waals surface area contributed by atoms with E-state index < -0.39 is 60.7 Å². The van der Waals surface area contributed by atoms with E-state index in [2.05, 4.69) is 30.7 Å². The smallest absolute Gasteiger partial charge is 0.435 e. The maximum Gasteiger partial charge on any atom is 0.435 e. The van der Waals surface area contributed by atoms with Gasteiger partial charge in [0, 0.05) is 37.1 Å². The molecule has 3 N–H and O–H groups in total. The van der Waals surface area contributed by atoms with E-state index in [-0.39, 0.29) is 76.9 Å². The van der Waals surface area contributed by atoms with Gasteiger partial charge < -0.3 is 20.4 Å². The van der Waals surface area contributed by atoms with E-state index >= 15 is 0 Å². The summed E-state index contributed by atoms with van der Waals surface area (Å²) >= 11 is 13.0. The van der Waals surface area contributed by atoms with Gasteiger partial charge in [-0.05, 0) is 48.9 Å². The standard InChI is InChI=1S/C30H27Cl2F8N7O3/c1-47-20(10-21(46-47)30(38,39)40)27(49)41-11-13-2-7-18(31)16(24(13)32)9-23-43-19-8-17(28(45-25(19)44-23)50-12-22(33)34)26(48)42-15-5-3-14(4-6-15)29(35,36)37/h2,7-8,10,14-15,22H,3-6,9,11-12H2,1H3,(H,41,49)(H,42,48)(H,43,44,45). The second-order valence-corrected chi connectivity index (χ2v) is 12.3. The fraction of sp³-hybridized carbons (Fsp3) is 0.433. The number of imidazole rings is 1. The van der Waals surface area contributed by atoms with E-state index in [0.29, 0.717) is 17.2 Å². The number of aromatic amines is 1. The van der Waals surface area contributed by atoms with E-state index in [0.717, 1.165) is 4.68 Å². The third kappa shape index (κ3) is 8.57. The lowest BCUT2D eigenvalue weighted by Crippen LogP contribution is -2.40. The summed E-state index contributed by atoms with van der Waals surface area (Å²) in [6, 6.07) is 4.29. The quantitative estimate of drug-likeness (QED) is 0.149. The van der Waals surface area contributed by atoms with Crippen molar-refractivity contribution < 1.29 is 49.4 Å². The molecular weight excluding hydrogens is 729 g/mol. The first kappa shape index (κ1) is 37.1. The zero-order chi connectivity index (χ0) is 36.5. The van der Waals surface area contributed by atoms with Crippen molar-refractivity contribution in [2.45, 2.75) is 63.5 Å². The molecule has 3 aromatic heterocycles. The van der Waals surface area contributed by atoms with Gasteiger partial charge in [0.05, 0.1) is 16.5 Å². The van der Waals surface area contributed by atoms with Crippen LogP contribution in [-0.2, 0) is 26.2 Å². The van der Waals surface area contributed by atoms with Crippen LogP contribution in [-0.4, -0.2) is 61.8 Å². The summed E-state index contributed by atoms with van der Waals surface area (Å²) in [4.78, 5) is 37.2. The second-order valence-electron chi connectivity index (χ2n) is 11.6. The molecule has 0 unspecified atom stereocenters. The van der Waals surface area contributed by atoms with Gasteiger partial charge in [0.1, 0.15) is 17.1 Å². The first-order valence-electron chi connectivity index (χ1n) is 14.9. The van der Waals surface area contributed by atoms with Crippen LogP contribution >= 0.6 is 23.2 Å². The molecule has 1 saturated carbocycles.